The van der Waals surface area contributed by atoms with Crippen LogP contribution in [-0.2, 0) is 0 Å². The summed E-state index contributed by atoms with van der Waals surface area (Å²) in [5, 5.41) is 13.7. The Kier molecular flexibility index (Phi) is 3.48. The number of hydrogen-bond acceptors (Lipinski definition) is 2. The molecule has 0 atom stereocenters. The van der Waals surface area contributed by atoms with Crippen LogP contribution in [0.2, 0.25) is 0 Å². The van der Waals surface area contributed by atoms with Crippen molar-refractivity contribution in [3.05, 3.63) is 103 Å². The van der Waals surface area contributed by atoms with Crippen LogP contribution < -0.4 is 10.9 Å². The quantitative estimate of drug-likeness (QED) is 0.169. The van der Waals surface area contributed by atoms with Crippen molar-refractivity contribution in [2.45, 2.75) is 27.7 Å². The molecule has 0 bridgehead atoms. The smallest absolute Gasteiger partial charge is 0.194 e. The highest BCUT2D eigenvalue weighted by molar-refractivity contribution is 6.40. The molecule has 0 aliphatic carbocycles. The lowest BCUT2D eigenvalue weighted by atomic mass is 9.83. The van der Waals surface area contributed by atoms with Crippen LogP contribution in [0.3, 0.4) is 0 Å². The summed E-state index contributed by atoms with van der Waals surface area (Å²) in [6.07, 6.45) is 0. The van der Waals surface area contributed by atoms with Gasteiger partial charge in [0.05, 0.1) is 0 Å². The van der Waals surface area contributed by atoms with Crippen LogP contribution in [-0.4, -0.2) is 0 Å². The van der Waals surface area contributed by atoms with Crippen LogP contribution in [0.25, 0.3) is 75.4 Å². The number of rotatable bonds is 0. The lowest BCUT2D eigenvalue weighted by Gasteiger charge is -2.19. The first-order chi connectivity index (χ1) is 17.3. The van der Waals surface area contributed by atoms with Gasteiger partial charge in [-0.15, -0.1) is 0 Å². The zero-order chi connectivity index (χ0) is 24.6. The molecule has 0 aromatic heterocycles. The molecule has 0 fully saturated rings. The summed E-state index contributed by atoms with van der Waals surface area (Å²) in [5.74, 6) is 0. The summed E-state index contributed by atoms with van der Waals surface area (Å²) in [4.78, 5) is 27.4. The van der Waals surface area contributed by atoms with Crippen LogP contribution in [0.1, 0.15) is 22.3 Å². The van der Waals surface area contributed by atoms with Gasteiger partial charge in [-0.3, -0.25) is 9.59 Å². The van der Waals surface area contributed by atoms with Gasteiger partial charge >= 0.3 is 0 Å². The maximum atomic E-state index is 13.7. The summed E-state index contributed by atoms with van der Waals surface area (Å²) < 4.78 is 0. The Bertz CT molecular complexity index is 2210. The molecule has 170 valence electrons. The Balaban J connectivity index is 1.74. The molecule has 0 unspecified atom stereocenters. The van der Waals surface area contributed by atoms with Crippen LogP contribution in [0, 0.1) is 27.7 Å². The number of fused-ring (bicyclic) bond motifs is 4. The Labute approximate surface area is 206 Å². The lowest BCUT2D eigenvalue weighted by molar-refractivity contribution is 1.37. The van der Waals surface area contributed by atoms with Crippen molar-refractivity contribution in [3.8, 4) is 0 Å². The van der Waals surface area contributed by atoms with Gasteiger partial charge in [-0.25, -0.2) is 0 Å². The molecule has 0 radical (unpaired) electrons. The van der Waals surface area contributed by atoms with Gasteiger partial charge in [0.25, 0.3) is 0 Å². The molecule has 2 heteroatoms. The van der Waals surface area contributed by atoms with E-state index in [9.17, 15) is 9.59 Å². The third-order valence-corrected chi connectivity index (χ3v) is 8.69. The van der Waals surface area contributed by atoms with E-state index in [1.807, 2.05) is 24.3 Å². The normalized spacial score (nSPS) is 12.7. The zero-order valence-electron chi connectivity index (χ0n) is 20.6. The molecule has 0 spiro atoms. The molecule has 0 aliphatic heterocycles. The third kappa shape index (κ3) is 2.19. The molecule has 8 aromatic carbocycles. The number of benzene rings is 8. The van der Waals surface area contributed by atoms with Crippen molar-refractivity contribution in [2.75, 3.05) is 0 Å². The van der Waals surface area contributed by atoms with Crippen molar-refractivity contribution in [3.63, 3.8) is 0 Å². The molecule has 0 amide bonds. The van der Waals surface area contributed by atoms with Crippen molar-refractivity contribution >= 4 is 75.4 Å². The lowest BCUT2D eigenvalue weighted by Crippen LogP contribution is -2.07. The zero-order valence-corrected chi connectivity index (χ0v) is 20.6. The van der Waals surface area contributed by atoms with Crippen LogP contribution in [0.5, 0.6) is 0 Å². The highest BCUT2D eigenvalue weighted by Crippen LogP contribution is 2.45. The SMILES string of the molecule is Cc1cc2c(=O)c3ccc4cc5c6cc(C)c(C)cc6c(=O)c6ccc7cc(c2cc1C)c3c4c7c65. The summed E-state index contributed by atoms with van der Waals surface area (Å²) in [5.41, 5.74) is 4.79. The molecule has 36 heavy (non-hydrogen) atoms. The molecular weight excluding hydrogens is 440 g/mol. The van der Waals surface area contributed by atoms with Crippen molar-refractivity contribution in [1.29, 1.82) is 0 Å². The Hall–Kier alpha value is -4.30. The van der Waals surface area contributed by atoms with E-state index in [-0.39, 0.29) is 10.9 Å². The van der Waals surface area contributed by atoms with Gasteiger partial charge in [-0.2, -0.15) is 0 Å². The average molecular weight is 463 g/mol. The van der Waals surface area contributed by atoms with Gasteiger partial charge in [0.2, 0.25) is 0 Å². The topological polar surface area (TPSA) is 34.1 Å². The predicted octanol–water partition coefficient (Wildman–Crippen LogP) is 8.03. The monoisotopic (exact) mass is 462 g/mol. The fourth-order valence-corrected chi connectivity index (χ4v) is 6.58. The first-order valence-corrected chi connectivity index (χ1v) is 12.4. The fraction of sp³-hybridized carbons (Fsp3) is 0.118. The second-order valence-corrected chi connectivity index (χ2v) is 10.6. The Morgan fingerprint density at radius 2 is 0.722 bits per heavy atom. The minimum Gasteiger partial charge on any atom is -0.289 e. The van der Waals surface area contributed by atoms with Gasteiger partial charge < -0.3 is 0 Å². The van der Waals surface area contributed by atoms with Crippen molar-refractivity contribution in [1.82, 2.24) is 0 Å². The predicted molar refractivity (Wildman–Crippen MR) is 154 cm³/mol. The molecule has 8 rings (SSSR count). The van der Waals surface area contributed by atoms with Crippen molar-refractivity contribution < 1.29 is 0 Å². The second-order valence-electron chi connectivity index (χ2n) is 10.6. The van der Waals surface area contributed by atoms with E-state index in [2.05, 4.69) is 64.1 Å². The minimum atomic E-state index is 0.0820. The summed E-state index contributed by atoms with van der Waals surface area (Å²) in [6, 6.07) is 21.0. The minimum absolute atomic E-state index is 0.0820. The van der Waals surface area contributed by atoms with E-state index < -0.39 is 0 Å². The van der Waals surface area contributed by atoms with Crippen LogP contribution in [0.15, 0.2) is 70.3 Å². The van der Waals surface area contributed by atoms with Gasteiger partial charge in [0, 0.05) is 32.3 Å². The van der Waals surface area contributed by atoms with Gasteiger partial charge in [-0.1, -0.05) is 24.3 Å². The van der Waals surface area contributed by atoms with Gasteiger partial charge in [0.1, 0.15) is 0 Å². The standard InChI is InChI=1S/C34H22O2/c1-15-9-23-25-13-19-5-8-22-32-26(24-10-16(2)18(4)12-28(24)34(22)36)14-20-6-7-21(31(25)29(20)30(19)32)33(35)27(23)11-17(15)3/h5-14H,1-4H3. The van der Waals surface area contributed by atoms with E-state index in [0.29, 0.717) is 0 Å². The first-order valence-electron chi connectivity index (χ1n) is 12.4. The second kappa shape index (κ2) is 6.27. The summed E-state index contributed by atoms with van der Waals surface area (Å²) in [6.45, 7) is 8.33. The van der Waals surface area contributed by atoms with Gasteiger partial charge in [-0.05, 0) is 129 Å². The maximum Gasteiger partial charge on any atom is 0.194 e. The molecule has 8 aromatic rings. The highest BCUT2D eigenvalue weighted by atomic mass is 16.1. The Morgan fingerprint density at radius 1 is 0.361 bits per heavy atom. The highest BCUT2D eigenvalue weighted by Gasteiger charge is 2.22. The van der Waals surface area contributed by atoms with E-state index in [4.69, 9.17) is 0 Å². The van der Waals surface area contributed by atoms with E-state index in [1.54, 1.807) is 0 Å². The Morgan fingerprint density at radius 3 is 1.11 bits per heavy atom. The molecule has 0 heterocycles. The summed E-state index contributed by atoms with van der Waals surface area (Å²) >= 11 is 0. The molecule has 0 N–H and O–H groups in total. The average Bonchev–Trinajstić information content (AvgIpc) is 2.87. The van der Waals surface area contributed by atoms with Crippen LogP contribution >= 0.6 is 0 Å². The van der Waals surface area contributed by atoms with Gasteiger partial charge in [0.15, 0.2) is 10.9 Å². The fourth-order valence-electron chi connectivity index (χ4n) is 6.58. The molecule has 2 nitrogen and oxygen atoms in total. The number of hydrogen-bond donors (Lipinski definition) is 0. The van der Waals surface area contributed by atoms with E-state index in [1.165, 1.54) is 11.1 Å². The van der Waals surface area contributed by atoms with E-state index in [0.717, 1.165) is 86.5 Å². The molecule has 0 saturated carbocycles. The molecule has 0 aliphatic rings. The van der Waals surface area contributed by atoms with Crippen molar-refractivity contribution in [2.24, 2.45) is 0 Å². The van der Waals surface area contributed by atoms with E-state index >= 15 is 0 Å². The van der Waals surface area contributed by atoms with Crippen LogP contribution in [0.4, 0.5) is 0 Å². The largest absolute Gasteiger partial charge is 0.289 e. The summed E-state index contributed by atoms with van der Waals surface area (Å²) in [7, 11) is 0. The first kappa shape index (κ1) is 19.9. The third-order valence-electron chi connectivity index (χ3n) is 8.69. The maximum absolute atomic E-state index is 13.7. The number of aryl methyl sites for hydroxylation is 4. The molecular formula is C34H22O2. The molecule has 0 saturated heterocycles.